The Morgan fingerprint density at radius 3 is 2.55 bits per heavy atom. The van der Waals surface area contributed by atoms with E-state index in [1.807, 2.05) is 0 Å². The van der Waals surface area contributed by atoms with Crippen molar-refractivity contribution in [2.24, 2.45) is 5.73 Å². The highest BCUT2D eigenvalue weighted by Crippen LogP contribution is 2.29. The van der Waals surface area contributed by atoms with Gasteiger partial charge in [0, 0.05) is 17.2 Å². The van der Waals surface area contributed by atoms with Crippen LogP contribution in [0.25, 0.3) is 16.5 Å². The standard InChI is InChI=1S/C12H10F3N5/c13-12(14,15)10(17)8(4-16)6-1-2-9-7(3-6)11(18)20-5-19-9/h1-5,16H,17H2,(H2,18,19,20). The number of halogens is 3. The Labute approximate surface area is 111 Å². The fourth-order valence-electron chi connectivity index (χ4n) is 1.71. The van der Waals surface area contributed by atoms with Crippen LogP contribution in [-0.2, 0) is 0 Å². The third-order valence-corrected chi connectivity index (χ3v) is 2.72. The quantitative estimate of drug-likeness (QED) is 0.733. The van der Waals surface area contributed by atoms with Crippen molar-refractivity contribution in [2.45, 2.75) is 6.18 Å². The van der Waals surface area contributed by atoms with Gasteiger partial charge in [0.25, 0.3) is 0 Å². The van der Waals surface area contributed by atoms with Crippen LogP contribution < -0.4 is 11.5 Å². The summed E-state index contributed by atoms with van der Waals surface area (Å²) in [6.45, 7) is 0. The van der Waals surface area contributed by atoms with Gasteiger partial charge < -0.3 is 16.9 Å². The van der Waals surface area contributed by atoms with E-state index in [0.717, 1.165) is 0 Å². The van der Waals surface area contributed by atoms with Crippen LogP contribution in [0.5, 0.6) is 0 Å². The maximum absolute atomic E-state index is 12.6. The second-order valence-corrected chi connectivity index (χ2v) is 3.96. The number of rotatable bonds is 2. The van der Waals surface area contributed by atoms with Crippen molar-refractivity contribution in [3.05, 3.63) is 35.8 Å². The Morgan fingerprint density at radius 2 is 1.95 bits per heavy atom. The van der Waals surface area contributed by atoms with E-state index in [1.54, 1.807) is 0 Å². The zero-order valence-electron chi connectivity index (χ0n) is 10.1. The van der Waals surface area contributed by atoms with Gasteiger partial charge in [-0.05, 0) is 17.7 Å². The molecule has 0 radical (unpaired) electrons. The summed E-state index contributed by atoms with van der Waals surface area (Å²) in [7, 11) is 0. The van der Waals surface area contributed by atoms with E-state index in [9.17, 15) is 13.2 Å². The molecule has 20 heavy (non-hydrogen) atoms. The van der Waals surface area contributed by atoms with Crippen molar-refractivity contribution in [1.82, 2.24) is 9.97 Å². The van der Waals surface area contributed by atoms with Gasteiger partial charge in [-0.2, -0.15) is 13.2 Å². The van der Waals surface area contributed by atoms with Gasteiger partial charge in [-0.3, -0.25) is 0 Å². The van der Waals surface area contributed by atoms with Crippen molar-refractivity contribution in [3.63, 3.8) is 0 Å². The van der Waals surface area contributed by atoms with Crippen LogP contribution in [0.1, 0.15) is 5.56 Å². The van der Waals surface area contributed by atoms with Crippen molar-refractivity contribution in [1.29, 1.82) is 5.41 Å². The summed E-state index contributed by atoms with van der Waals surface area (Å²) >= 11 is 0. The molecule has 2 rings (SSSR count). The molecule has 0 aliphatic carbocycles. The molecule has 0 unspecified atom stereocenters. The van der Waals surface area contributed by atoms with Crippen LogP contribution in [0.4, 0.5) is 19.0 Å². The molecule has 0 saturated heterocycles. The first kappa shape index (κ1) is 13.8. The Kier molecular flexibility index (Phi) is 3.31. The monoisotopic (exact) mass is 281 g/mol. The minimum atomic E-state index is -4.71. The van der Waals surface area contributed by atoms with Gasteiger partial charge in [-0.15, -0.1) is 0 Å². The highest BCUT2D eigenvalue weighted by molar-refractivity contribution is 6.11. The summed E-state index contributed by atoms with van der Waals surface area (Å²) in [5, 5.41) is 7.55. The highest BCUT2D eigenvalue weighted by atomic mass is 19.4. The topological polar surface area (TPSA) is 102 Å². The summed E-state index contributed by atoms with van der Waals surface area (Å²) in [5.41, 5.74) is 9.58. The molecular formula is C12H10F3N5. The predicted molar refractivity (Wildman–Crippen MR) is 69.9 cm³/mol. The zero-order chi connectivity index (χ0) is 14.9. The minimum absolute atomic E-state index is 0.129. The number of nitrogens with zero attached hydrogens (tertiary/aromatic N) is 2. The molecule has 0 amide bonds. The Bertz CT molecular complexity index is 706. The molecule has 8 heteroatoms. The van der Waals surface area contributed by atoms with E-state index in [0.29, 0.717) is 17.1 Å². The molecule has 0 atom stereocenters. The Balaban J connectivity index is 2.68. The largest absolute Gasteiger partial charge is 0.431 e. The van der Waals surface area contributed by atoms with Crippen LogP contribution >= 0.6 is 0 Å². The van der Waals surface area contributed by atoms with Gasteiger partial charge in [-0.25, -0.2) is 9.97 Å². The predicted octanol–water partition coefficient (Wildman–Crippen LogP) is 2.09. The molecule has 0 fully saturated rings. The number of nitrogens with one attached hydrogen (secondary N) is 1. The molecule has 5 nitrogen and oxygen atoms in total. The SMILES string of the molecule is N=CC(=C(N)C(F)(F)F)c1ccc2ncnc(N)c2c1. The lowest BCUT2D eigenvalue weighted by Gasteiger charge is -2.12. The maximum Gasteiger partial charge on any atom is 0.431 e. The first-order valence-electron chi connectivity index (χ1n) is 5.42. The van der Waals surface area contributed by atoms with Crippen LogP contribution in [0, 0.1) is 5.41 Å². The number of nitrogens with two attached hydrogens (primary N) is 2. The number of anilines is 1. The van der Waals surface area contributed by atoms with Crippen molar-refractivity contribution in [3.8, 4) is 0 Å². The molecule has 0 aliphatic rings. The minimum Gasteiger partial charge on any atom is -0.394 e. The third kappa shape index (κ3) is 2.40. The molecule has 0 spiro atoms. The highest BCUT2D eigenvalue weighted by Gasteiger charge is 2.34. The van der Waals surface area contributed by atoms with E-state index in [4.69, 9.17) is 16.9 Å². The van der Waals surface area contributed by atoms with Gasteiger partial charge in [0.05, 0.1) is 5.52 Å². The van der Waals surface area contributed by atoms with E-state index >= 15 is 0 Å². The lowest BCUT2D eigenvalue weighted by Crippen LogP contribution is -2.21. The number of aromatic nitrogens is 2. The second kappa shape index (κ2) is 4.80. The average molecular weight is 281 g/mol. The summed E-state index contributed by atoms with van der Waals surface area (Å²) < 4.78 is 37.9. The number of hydrogen-bond acceptors (Lipinski definition) is 5. The average Bonchev–Trinajstić information content (AvgIpc) is 2.39. The number of alkyl halides is 3. The number of fused-ring (bicyclic) bond motifs is 1. The fraction of sp³-hybridized carbons (Fsp3) is 0.0833. The van der Waals surface area contributed by atoms with Crippen LogP contribution in [0.3, 0.4) is 0 Å². The number of nitrogen functional groups attached to an aromatic ring is 1. The van der Waals surface area contributed by atoms with Gasteiger partial charge >= 0.3 is 6.18 Å². The van der Waals surface area contributed by atoms with Gasteiger partial charge in [0.15, 0.2) is 0 Å². The summed E-state index contributed by atoms with van der Waals surface area (Å²) in [6, 6.07) is 4.27. The first-order valence-corrected chi connectivity index (χ1v) is 5.42. The summed E-state index contributed by atoms with van der Waals surface area (Å²) in [6.07, 6.45) is -2.89. The molecule has 5 N–H and O–H groups in total. The molecule has 0 saturated carbocycles. The van der Waals surface area contributed by atoms with Crippen LogP contribution in [0.2, 0.25) is 0 Å². The molecule has 0 aliphatic heterocycles. The smallest absolute Gasteiger partial charge is 0.394 e. The number of allylic oxidation sites excluding steroid dienone is 2. The van der Waals surface area contributed by atoms with Gasteiger partial charge in [0.2, 0.25) is 0 Å². The molecule has 2 aromatic rings. The van der Waals surface area contributed by atoms with Crippen molar-refractivity contribution in [2.75, 3.05) is 5.73 Å². The molecule has 1 aromatic carbocycles. The maximum atomic E-state index is 12.6. The zero-order valence-corrected chi connectivity index (χ0v) is 10.1. The van der Waals surface area contributed by atoms with E-state index in [1.165, 1.54) is 24.5 Å². The molecular weight excluding hydrogens is 271 g/mol. The van der Waals surface area contributed by atoms with Crippen LogP contribution in [0.15, 0.2) is 30.2 Å². The molecule has 0 bridgehead atoms. The van der Waals surface area contributed by atoms with Gasteiger partial charge in [0.1, 0.15) is 17.8 Å². The second-order valence-electron chi connectivity index (χ2n) is 3.96. The van der Waals surface area contributed by atoms with Crippen molar-refractivity contribution < 1.29 is 13.2 Å². The lowest BCUT2D eigenvalue weighted by molar-refractivity contribution is -0.0918. The van der Waals surface area contributed by atoms with Crippen molar-refractivity contribution >= 4 is 28.5 Å². The fourth-order valence-corrected chi connectivity index (χ4v) is 1.71. The van der Waals surface area contributed by atoms with Gasteiger partial charge in [-0.1, -0.05) is 6.07 Å². The molecule has 1 heterocycles. The van der Waals surface area contributed by atoms with Crippen LogP contribution in [-0.4, -0.2) is 22.4 Å². The third-order valence-electron chi connectivity index (χ3n) is 2.72. The van der Waals surface area contributed by atoms with E-state index < -0.39 is 17.4 Å². The number of benzene rings is 1. The van der Waals surface area contributed by atoms with E-state index in [2.05, 4.69) is 9.97 Å². The Morgan fingerprint density at radius 1 is 1.25 bits per heavy atom. The Hall–Kier alpha value is -2.64. The van der Waals surface area contributed by atoms with E-state index in [-0.39, 0.29) is 11.4 Å². The summed E-state index contributed by atoms with van der Waals surface area (Å²) in [5.74, 6) is 0.145. The first-order chi connectivity index (χ1) is 9.34. The normalized spacial score (nSPS) is 13.2. The molecule has 104 valence electrons. The number of hydrogen-bond donors (Lipinski definition) is 3. The lowest BCUT2D eigenvalue weighted by atomic mass is 10.0. The summed E-state index contributed by atoms with van der Waals surface area (Å²) in [4.78, 5) is 7.71. The molecule has 1 aromatic heterocycles.